The lowest BCUT2D eigenvalue weighted by Gasteiger charge is -2.36. The number of Topliss-reactive ketones (excluding diaryl/α,β-unsaturated/α-hetero) is 1. The van der Waals surface area contributed by atoms with Crippen LogP contribution in [-0.2, 0) is 14.3 Å². The second-order valence-electron chi connectivity index (χ2n) is 8.79. The summed E-state index contributed by atoms with van der Waals surface area (Å²) in [5.41, 5.74) is 3.16. The zero-order chi connectivity index (χ0) is 21.5. The molecule has 0 radical (unpaired) electrons. The summed E-state index contributed by atoms with van der Waals surface area (Å²) in [6, 6.07) is 8.29. The summed E-state index contributed by atoms with van der Waals surface area (Å²) in [4.78, 5) is 30.3. The van der Waals surface area contributed by atoms with Gasteiger partial charge in [0, 0.05) is 43.9 Å². The molecule has 5 rings (SSSR count). The predicted molar refractivity (Wildman–Crippen MR) is 124 cm³/mol. The number of aryl methyl sites for hydroxylation is 1. The molecule has 2 aliphatic carbocycles. The van der Waals surface area contributed by atoms with E-state index in [1.807, 2.05) is 13.0 Å². The lowest BCUT2D eigenvalue weighted by Crippen LogP contribution is -2.36. The number of dihydropyridines is 1. The molecule has 3 heterocycles. The summed E-state index contributed by atoms with van der Waals surface area (Å²) >= 11 is 3.37. The minimum absolute atomic E-state index is 0.000773. The maximum atomic E-state index is 13.5. The summed E-state index contributed by atoms with van der Waals surface area (Å²) in [7, 11) is 0. The van der Waals surface area contributed by atoms with Gasteiger partial charge in [-0.3, -0.25) is 4.79 Å². The van der Waals surface area contributed by atoms with E-state index in [2.05, 4.69) is 35.8 Å². The number of allylic oxidation sites excluding steroid dienone is 3. The minimum atomic E-state index is -0.333. The van der Waals surface area contributed by atoms with Crippen LogP contribution >= 0.6 is 22.7 Å². The van der Waals surface area contributed by atoms with Gasteiger partial charge in [-0.25, -0.2) is 4.79 Å². The van der Waals surface area contributed by atoms with Gasteiger partial charge in [0.25, 0.3) is 0 Å². The second-order valence-corrected chi connectivity index (χ2v) is 11.1. The molecule has 0 unspecified atom stereocenters. The third kappa shape index (κ3) is 3.92. The molecule has 1 fully saturated rings. The van der Waals surface area contributed by atoms with E-state index in [9.17, 15) is 9.59 Å². The van der Waals surface area contributed by atoms with E-state index in [1.54, 1.807) is 22.7 Å². The Morgan fingerprint density at radius 2 is 1.90 bits per heavy atom. The third-order valence-electron chi connectivity index (χ3n) is 6.61. The van der Waals surface area contributed by atoms with Crippen molar-refractivity contribution in [3.05, 3.63) is 66.8 Å². The van der Waals surface area contributed by atoms with E-state index in [4.69, 9.17) is 4.74 Å². The fraction of sp³-hybridized carbons (Fsp3) is 0.440. The number of hydrogen-bond acceptors (Lipinski definition) is 6. The van der Waals surface area contributed by atoms with Gasteiger partial charge in [-0.05, 0) is 69.5 Å². The van der Waals surface area contributed by atoms with E-state index in [0.29, 0.717) is 12.0 Å². The Bertz CT molecular complexity index is 1070. The average molecular weight is 454 g/mol. The van der Waals surface area contributed by atoms with E-state index in [1.165, 1.54) is 9.75 Å². The van der Waals surface area contributed by atoms with E-state index >= 15 is 0 Å². The molecule has 0 aromatic carbocycles. The Balaban J connectivity index is 1.53. The van der Waals surface area contributed by atoms with Crippen molar-refractivity contribution >= 4 is 34.4 Å². The summed E-state index contributed by atoms with van der Waals surface area (Å²) in [5, 5.41) is 5.52. The molecule has 0 saturated heterocycles. The molecule has 3 aliphatic rings. The van der Waals surface area contributed by atoms with Crippen LogP contribution in [0.5, 0.6) is 0 Å². The van der Waals surface area contributed by atoms with Crippen LogP contribution in [0.4, 0.5) is 0 Å². The number of esters is 1. The molecule has 0 bridgehead atoms. The van der Waals surface area contributed by atoms with Crippen molar-refractivity contribution in [3.63, 3.8) is 0 Å². The summed E-state index contributed by atoms with van der Waals surface area (Å²) < 4.78 is 5.91. The van der Waals surface area contributed by atoms with Crippen molar-refractivity contribution in [1.82, 2.24) is 5.32 Å². The van der Waals surface area contributed by atoms with Gasteiger partial charge in [-0.15, -0.1) is 22.7 Å². The number of nitrogens with one attached hydrogen (secondary N) is 1. The number of carbonyl (C=O) groups excluding carboxylic acids is 2. The molecule has 6 heteroatoms. The number of rotatable bonds is 4. The molecular weight excluding hydrogens is 426 g/mol. The first-order valence-corrected chi connectivity index (χ1v) is 12.8. The van der Waals surface area contributed by atoms with Gasteiger partial charge < -0.3 is 10.1 Å². The van der Waals surface area contributed by atoms with Crippen molar-refractivity contribution in [1.29, 1.82) is 0 Å². The SMILES string of the molecule is CC1=C(C(=O)OC2CCCC2)[C@@H](c2ccc(C)s2)C2=C(C[C@@H](c3cccs3)CC2=O)N1. The molecule has 2 aromatic heterocycles. The first-order valence-electron chi connectivity index (χ1n) is 11.1. The van der Waals surface area contributed by atoms with Crippen molar-refractivity contribution in [3.8, 4) is 0 Å². The molecule has 162 valence electrons. The topological polar surface area (TPSA) is 55.4 Å². The van der Waals surface area contributed by atoms with Gasteiger partial charge in [0.15, 0.2) is 5.78 Å². The standard InChI is InChI=1S/C25H27NO3S2/c1-14-9-10-21(31-14)24-22(25(28)29-17-6-3-4-7-17)15(2)26-18-12-16(13-19(27)23(18)24)20-8-5-11-30-20/h5,8-11,16-17,24,26H,3-4,6-7,12-13H2,1-2H3/t16-,24-/m1/s1. The van der Waals surface area contributed by atoms with Crippen LogP contribution in [0.25, 0.3) is 0 Å². The van der Waals surface area contributed by atoms with Gasteiger partial charge in [0.2, 0.25) is 0 Å². The first-order chi connectivity index (χ1) is 15.0. The maximum absolute atomic E-state index is 13.5. The highest BCUT2D eigenvalue weighted by molar-refractivity contribution is 7.12. The van der Waals surface area contributed by atoms with E-state index in [-0.39, 0.29) is 29.7 Å². The Labute approximate surface area is 191 Å². The quantitative estimate of drug-likeness (QED) is 0.580. The largest absolute Gasteiger partial charge is 0.459 e. The van der Waals surface area contributed by atoms with Crippen molar-refractivity contribution in [2.45, 2.75) is 70.3 Å². The van der Waals surface area contributed by atoms with Crippen LogP contribution in [0, 0.1) is 6.92 Å². The molecular formula is C25H27NO3S2. The van der Waals surface area contributed by atoms with Crippen LogP contribution < -0.4 is 5.32 Å². The van der Waals surface area contributed by atoms with E-state index < -0.39 is 0 Å². The molecule has 0 spiro atoms. The molecule has 2 aromatic rings. The van der Waals surface area contributed by atoms with Gasteiger partial charge in [0.05, 0.1) is 11.5 Å². The maximum Gasteiger partial charge on any atom is 0.337 e. The zero-order valence-corrected chi connectivity index (χ0v) is 19.5. The number of hydrogen-bond donors (Lipinski definition) is 1. The van der Waals surface area contributed by atoms with Crippen molar-refractivity contribution in [2.75, 3.05) is 0 Å². The predicted octanol–water partition coefficient (Wildman–Crippen LogP) is 5.97. The fourth-order valence-corrected chi connectivity index (χ4v) is 6.98. The number of carbonyl (C=O) groups is 2. The highest BCUT2D eigenvalue weighted by Crippen LogP contribution is 2.47. The number of ether oxygens (including phenoxy) is 1. The van der Waals surface area contributed by atoms with Crippen LogP contribution in [-0.4, -0.2) is 17.9 Å². The molecule has 31 heavy (non-hydrogen) atoms. The first kappa shape index (κ1) is 20.7. The molecule has 1 saturated carbocycles. The molecule has 1 N–H and O–H groups in total. The average Bonchev–Trinajstić information content (AvgIpc) is 3.49. The highest BCUT2D eigenvalue weighted by Gasteiger charge is 2.42. The smallest absolute Gasteiger partial charge is 0.337 e. The highest BCUT2D eigenvalue weighted by atomic mass is 32.1. The van der Waals surface area contributed by atoms with E-state index in [0.717, 1.165) is 53.9 Å². The summed E-state index contributed by atoms with van der Waals surface area (Å²) in [6.45, 7) is 4.01. The van der Waals surface area contributed by atoms with Crippen LogP contribution in [0.3, 0.4) is 0 Å². The monoisotopic (exact) mass is 453 g/mol. The van der Waals surface area contributed by atoms with Gasteiger partial charge in [-0.2, -0.15) is 0 Å². The normalized spacial score (nSPS) is 24.4. The fourth-order valence-electron chi connectivity index (χ4n) is 5.15. The summed E-state index contributed by atoms with van der Waals surface area (Å²) in [5.74, 6) is -0.264. The number of ketones is 1. The Morgan fingerprint density at radius 1 is 1.10 bits per heavy atom. The Morgan fingerprint density at radius 3 is 2.58 bits per heavy atom. The van der Waals surface area contributed by atoms with Crippen LogP contribution in [0.15, 0.2) is 52.2 Å². The van der Waals surface area contributed by atoms with Gasteiger partial charge in [0.1, 0.15) is 6.10 Å². The third-order valence-corrected chi connectivity index (χ3v) is 8.71. The lowest BCUT2D eigenvalue weighted by molar-refractivity contribution is -0.144. The van der Waals surface area contributed by atoms with Crippen LogP contribution in [0.1, 0.15) is 71.9 Å². The molecule has 1 aliphatic heterocycles. The van der Waals surface area contributed by atoms with Crippen molar-refractivity contribution < 1.29 is 14.3 Å². The van der Waals surface area contributed by atoms with Gasteiger partial charge >= 0.3 is 5.97 Å². The molecule has 0 amide bonds. The Hall–Kier alpha value is -2.18. The Kier molecular flexibility index (Phi) is 5.61. The lowest BCUT2D eigenvalue weighted by atomic mass is 9.74. The van der Waals surface area contributed by atoms with Crippen LogP contribution in [0.2, 0.25) is 0 Å². The second kappa shape index (κ2) is 8.40. The molecule has 2 atom stereocenters. The zero-order valence-electron chi connectivity index (χ0n) is 17.9. The van der Waals surface area contributed by atoms with Gasteiger partial charge in [-0.1, -0.05) is 6.07 Å². The minimum Gasteiger partial charge on any atom is -0.459 e. The molecule has 4 nitrogen and oxygen atoms in total. The summed E-state index contributed by atoms with van der Waals surface area (Å²) in [6.07, 6.45) is 5.38. The van der Waals surface area contributed by atoms with Crippen molar-refractivity contribution in [2.24, 2.45) is 0 Å². The number of thiophene rings is 2.